The van der Waals surface area contributed by atoms with E-state index in [1.165, 1.54) is 14.2 Å². The molecular weight excluding hydrogens is 320 g/mol. The third-order valence-electron chi connectivity index (χ3n) is 2.80. The first-order valence-electron chi connectivity index (χ1n) is 7.03. The molecule has 0 aliphatic carbocycles. The van der Waals surface area contributed by atoms with E-state index in [9.17, 15) is 14.4 Å². The molecular formula is C15H20N2O7. The highest BCUT2D eigenvalue weighted by molar-refractivity contribution is 5.68. The molecule has 9 nitrogen and oxygen atoms in total. The van der Waals surface area contributed by atoms with Crippen LogP contribution in [0.5, 0.6) is 5.75 Å². The van der Waals surface area contributed by atoms with Gasteiger partial charge in [-0.15, -0.1) is 0 Å². The van der Waals surface area contributed by atoms with E-state index in [0.29, 0.717) is 5.75 Å². The summed E-state index contributed by atoms with van der Waals surface area (Å²) < 4.78 is 18.9. The molecule has 0 spiro atoms. The molecule has 0 aliphatic rings. The van der Waals surface area contributed by atoms with Gasteiger partial charge in [-0.1, -0.05) is 17.7 Å². The van der Waals surface area contributed by atoms with Crippen molar-refractivity contribution in [1.82, 2.24) is 10.6 Å². The highest BCUT2D eigenvalue weighted by Crippen LogP contribution is 2.12. The summed E-state index contributed by atoms with van der Waals surface area (Å²) in [6, 6.07) is 6.78. The van der Waals surface area contributed by atoms with Crippen molar-refractivity contribution in [2.75, 3.05) is 27.3 Å². The number of ether oxygens (including phenoxy) is 4. The fourth-order valence-electron chi connectivity index (χ4n) is 1.56. The summed E-state index contributed by atoms with van der Waals surface area (Å²) in [6.07, 6.45) is -3.24. The van der Waals surface area contributed by atoms with Crippen molar-refractivity contribution in [3.05, 3.63) is 29.8 Å². The SMILES string of the molecule is COC(=O)NCC(CNC(=O)OC)OC(=O)Oc1ccc(C)cc1. The van der Waals surface area contributed by atoms with Gasteiger partial charge in [0.25, 0.3) is 0 Å². The fraction of sp³-hybridized carbons (Fsp3) is 0.400. The summed E-state index contributed by atoms with van der Waals surface area (Å²) in [7, 11) is 2.40. The van der Waals surface area contributed by atoms with Gasteiger partial charge in [-0.05, 0) is 19.1 Å². The molecule has 132 valence electrons. The molecule has 0 bridgehead atoms. The third kappa shape index (κ3) is 7.34. The maximum Gasteiger partial charge on any atom is 0.514 e. The normalized spacial score (nSPS) is 9.83. The molecule has 0 saturated carbocycles. The first-order chi connectivity index (χ1) is 11.4. The highest BCUT2D eigenvalue weighted by Gasteiger charge is 2.18. The van der Waals surface area contributed by atoms with E-state index in [0.717, 1.165) is 5.56 Å². The minimum absolute atomic E-state index is 0.0837. The molecule has 24 heavy (non-hydrogen) atoms. The zero-order chi connectivity index (χ0) is 17.9. The fourth-order valence-corrected chi connectivity index (χ4v) is 1.56. The van der Waals surface area contributed by atoms with Crippen LogP contribution in [0, 0.1) is 6.92 Å². The lowest BCUT2D eigenvalue weighted by Crippen LogP contribution is -2.42. The minimum Gasteiger partial charge on any atom is -0.453 e. The van der Waals surface area contributed by atoms with Crippen LogP contribution >= 0.6 is 0 Å². The Morgan fingerprint density at radius 2 is 1.46 bits per heavy atom. The van der Waals surface area contributed by atoms with Crippen LogP contribution in [0.4, 0.5) is 14.4 Å². The maximum absolute atomic E-state index is 11.8. The van der Waals surface area contributed by atoms with Crippen molar-refractivity contribution in [3.8, 4) is 5.75 Å². The van der Waals surface area contributed by atoms with Crippen LogP contribution in [0.25, 0.3) is 0 Å². The lowest BCUT2D eigenvalue weighted by Gasteiger charge is -2.18. The Bertz CT molecular complexity index is 539. The molecule has 0 saturated heterocycles. The minimum atomic E-state index is -0.970. The topological polar surface area (TPSA) is 112 Å². The second-order valence-corrected chi connectivity index (χ2v) is 4.65. The Hall–Kier alpha value is -2.97. The van der Waals surface area contributed by atoms with Crippen LogP contribution in [0.15, 0.2) is 24.3 Å². The summed E-state index contributed by atoms with van der Waals surface area (Å²) in [6.45, 7) is 1.73. The van der Waals surface area contributed by atoms with Crippen molar-refractivity contribution >= 4 is 18.3 Å². The smallest absolute Gasteiger partial charge is 0.453 e. The van der Waals surface area contributed by atoms with Crippen LogP contribution < -0.4 is 15.4 Å². The number of carbonyl (C=O) groups is 3. The molecule has 1 rings (SSSR count). The van der Waals surface area contributed by atoms with Crippen molar-refractivity contribution in [1.29, 1.82) is 0 Å². The van der Waals surface area contributed by atoms with Crippen LogP contribution in [0.1, 0.15) is 5.56 Å². The molecule has 0 radical (unpaired) electrons. The van der Waals surface area contributed by atoms with Gasteiger partial charge in [-0.25, -0.2) is 14.4 Å². The second kappa shape index (κ2) is 9.93. The van der Waals surface area contributed by atoms with Gasteiger partial charge in [0.2, 0.25) is 0 Å². The Kier molecular flexibility index (Phi) is 7.89. The van der Waals surface area contributed by atoms with E-state index in [2.05, 4.69) is 20.1 Å². The third-order valence-corrected chi connectivity index (χ3v) is 2.80. The molecule has 1 aromatic rings. The number of aryl methyl sites for hydroxylation is 1. The van der Waals surface area contributed by atoms with Gasteiger partial charge in [0.05, 0.1) is 27.3 Å². The number of rotatable bonds is 6. The monoisotopic (exact) mass is 340 g/mol. The van der Waals surface area contributed by atoms with Crippen molar-refractivity contribution in [2.24, 2.45) is 0 Å². The summed E-state index contributed by atoms with van der Waals surface area (Å²) in [5.41, 5.74) is 1.01. The maximum atomic E-state index is 11.8. The average Bonchev–Trinajstić information content (AvgIpc) is 2.58. The Balaban J connectivity index is 2.56. The van der Waals surface area contributed by atoms with E-state index in [1.54, 1.807) is 24.3 Å². The molecule has 0 aromatic heterocycles. The van der Waals surface area contributed by atoms with Crippen molar-refractivity contribution < 1.29 is 33.3 Å². The number of hydrogen-bond acceptors (Lipinski definition) is 7. The van der Waals surface area contributed by atoms with Crippen molar-refractivity contribution in [2.45, 2.75) is 13.0 Å². The molecule has 0 aliphatic heterocycles. The Morgan fingerprint density at radius 1 is 0.958 bits per heavy atom. The zero-order valence-corrected chi connectivity index (χ0v) is 13.7. The molecule has 2 amide bonds. The number of hydrogen-bond donors (Lipinski definition) is 2. The van der Waals surface area contributed by atoms with Gasteiger partial charge in [-0.2, -0.15) is 0 Å². The second-order valence-electron chi connectivity index (χ2n) is 4.65. The number of benzene rings is 1. The first kappa shape index (κ1) is 19.1. The van der Waals surface area contributed by atoms with Gasteiger partial charge in [0.1, 0.15) is 11.9 Å². The lowest BCUT2D eigenvalue weighted by atomic mass is 10.2. The van der Waals surface area contributed by atoms with Gasteiger partial charge in [-0.3, -0.25) is 0 Å². The summed E-state index contributed by atoms with van der Waals surface area (Å²) in [5, 5.41) is 4.73. The number of amides is 2. The van der Waals surface area contributed by atoms with E-state index in [4.69, 9.17) is 9.47 Å². The first-order valence-corrected chi connectivity index (χ1v) is 7.03. The molecule has 0 fully saturated rings. The molecule has 9 heteroatoms. The summed E-state index contributed by atoms with van der Waals surface area (Å²) in [4.78, 5) is 34.0. The standard InChI is InChI=1S/C15H20N2O7/c1-10-4-6-11(7-5-10)23-15(20)24-12(8-16-13(18)21-2)9-17-14(19)22-3/h4-7,12H,8-9H2,1-3H3,(H,16,18)(H,17,19). The predicted molar refractivity (Wildman–Crippen MR) is 82.9 cm³/mol. The van der Waals surface area contributed by atoms with E-state index in [1.807, 2.05) is 6.92 Å². The molecule has 0 atom stereocenters. The number of alkyl carbamates (subject to hydrolysis) is 2. The molecule has 2 N–H and O–H groups in total. The summed E-state index contributed by atoms with van der Waals surface area (Å²) in [5.74, 6) is 0.311. The van der Waals surface area contributed by atoms with E-state index >= 15 is 0 Å². The van der Waals surface area contributed by atoms with Crippen LogP contribution in [0.3, 0.4) is 0 Å². The molecule has 0 unspecified atom stereocenters. The average molecular weight is 340 g/mol. The quantitative estimate of drug-likeness (QED) is 0.459. The van der Waals surface area contributed by atoms with Gasteiger partial charge < -0.3 is 29.6 Å². The molecule has 1 aromatic carbocycles. The number of methoxy groups -OCH3 is 2. The van der Waals surface area contributed by atoms with Crippen LogP contribution in [-0.2, 0) is 14.2 Å². The Labute approximate surface area is 139 Å². The number of nitrogens with one attached hydrogen (secondary N) is 2. The van der Waals surface area contributed by atoms with Gasteiger partial charge in [0.15, 0.2) is 0 Å². The zero-order valence-electron chi connectivity index (χ0n) is 13.7. The van der Waals surface area contributed by atoms with Gasteiger partial charge >= 0.3 is 18.3 Å². The summed E-state index contributed by atoms with van der Waals surface area (Å²) >= 11 is 0. The van der Waals surface area contributed by atoms with Crippen molar-refractivity contribution in [3.63, 3.8) is 0 Å². The predicted octanol–water partition coefficient (Wildman–Crippen LogP) is 1.59. The van der Waals surface area contributed by atoms with E-state index < -0.39 is 24.4 Å². The Morgan fingerprint density at radius 3 is 1.92 bits per heavy atom. The van der Waals surface area contributed by atoms with Crippen LogP contribution in [0.2, 0.25) is 0 Å². The number of carbonyl (C=O) groups excluding carboxylic acids is 3. The molecule has 0 heterocycles. The van der Waals surface area contributed by atoms with E-state index in [-0.39, 0.29) is 13.1 Å². The highest BCUT2D eigenvalue weighted by atomic mass is 16.7. The largest absolute Gasteiger partial charge is 0.514 e. The lowest BCUT2D eigenvalue weighted by molar-refractivity contribution is 0.0563. The van der Waals surface area contributed by atoms with Gasteiger partial charge in [0, 0.05) is 0 Å². The van der Waals surface area contributed by atoms with Crippen LogP contribution in [-0.4, -0.2) is 51.8 Å².